The summed E-state index contributed by atoms with van der Waals surface area (Å²) in [6.45, 7) is 2.93. The predicted molar refractivity (Wildman–Crippen MR) is 87.5 cm³/mol. The van der Waals surface area contributed by atoms with E-state index in [-0.39, 0.29) is 6.04 Å². The Kier molecular flexibility index (Phi) is 3.95. The molecule has 0 fully saturated rings. The smallest absolute Gasteiger partial charge is 0.127 e. The molecule has 3 aromatic rings. The van der Waals surface area contributed by atoms with Crippen molar-refractivity contribution in [2.24, 2.45) is 5.73 Å². The number of nitrogens with two attached hydrogens (primary N) is 1. The van der Waals surface area contributed by atoms with Gasteiger partial charge in [-0.3, -0.25) is 0 Å². The Labute approximate surface area is 129 Å². The zero-order valence-corrected chi connectivity index (χ0v) is 12.7. The molecule has 1 atom stereocenters. The summed E-state index contributed by atoms with van der Waals surface area (Å²) in [6, 6.07) is 15.9. The highest BCUT2D eigenvalue weighted by Crippen LogP contribution is 2.24. The third-order valence-corrected chi connectivity index (χ3v) is 3.92. The van der Waals surface area contributed by atoms with Gasteiger partial charge in [0.15, 0.2) is 0 Å². The van der Waals surface area contributed by atoms with Gasteiger partial charge in [-0.15, -0.1) is 0 Å². The van der Waals surface area contributed by atoms with Gasteiger partial charge in [0.05, 0.1) is 17.1 Å². The lowest BCUT2D eigenvalue weighted by Crippen LogP contribution is -2.18. The quantitative estimate of drug-likeness (QED) is 0.792. The molecule has 0 amide bonds. The summed E-state index contributed by atoms with van der Waals surface area (Å²) in [5.41, 5.74) is 9.60. The van der Waals surface area contributed by atoms with Gasteiger partial charge in [-0.05, 0) is 37.1 Å². The topological polar surface area (TPSA) is 43.8 Å². The maximum atomic E-state index is 6.39. The summed E-state index contributed by atoms with van der Waals surface area (Å²) in [5.74, 6) is 0.915. The Hall–Kier alpha value is -1.84. The molecule has 2 N–H and O–H groups in total. The van der Waals surface area contributed by atoms with Gasteiger partial charge in [-0.2, -0.15) is 0 Å². The summed E-state index contributed by atoms with van der Waals surface area (Å²) in [7, 11) is 0. The monoisotopic (exact) mass is 299 g/mol. The molecule has 0 aliphatic heterocycles. The molecule has 0 aliphatic carbocycles. The first-order valence-corrected chi connectivity index (χ1v) is 7.52. The van der Waals surface area contributed by atoms with Crippen LogP contribution in [0.4, 0.5) is 0 Å². The molecule has 1 aromatic heterocycles. The fraction of sp³-hybridized carbons (Fsp3) is 0.235. The highest BCUT2D eigenvalue weighted by atomic mass is 35.5. The molecule has 108 valence electrons. The molecule has 21 heavy (non-hydrogen) atoms. The molecule has 0 saturated heterocycles. The Bertz CT molecular complexity index is 749. The number of fused-ring (bicyclic) bond motifs is 1. The highest BCUT2D eigenvalue weighted by Gasteiger charge is 2.16. The van der Waals surface area contributed by atoms with Crippen LogP contribution in [0.2, 0.25) is 5.02 Å². The van der Waals surface area contributed by atoms with E-state index in [4.69, 9.17) is 22.3 Å². The summed E-state index contributed by atoms with van der Waals surface area (Å²) >= 11 is 6.09. The Morgan fingerprint density at radius 1 is 1.19 bits per heavy atom. The van der Waals surface area contributed by atoms with Gasteiger partial charge in [0.2, 0.25) is 0 Å². The van der Waals surface area contributed by atoms with E-state index in [9.17, 15) is 0 Å². The molecule has 2 aromatic carbocycles. The first-order valence-electron chi connectivity index (χ1n) is 7.14. The van der Waals surface area contributed by atoms with Crippen molar-refractivity contribution in [2.75, 3.05) is 0 Å². The minimum absolute atomic E-state index is 0.126. The van der Waals surface area contributed by atoms with Crippen molar-refractivity contribution in [3.8, 4) is 0 Å². The van der Waals surface area contributed by atoms with Crippen LogP contribution in [0.25, 0.3) is 11.0 Å². The van der Waals surface area contributed by atoms with Crippen molar-refractivity contribution in [3.05, 3.63) is 64.9 Å². The van der Waals surface area contributed by atoms with Gasteiger partial charge < -0.3 is 10.3 Å². The van der Waals surface area contributed by atoms with Gasteiger partial charge in [0, 0.05) is 11.6 Å². The van der Waals surface area contributed by atoms with Crippen LogP contribution in [0, 0.1) is 0 Å². The molecule has 0 saturated carbocycles. The molecule has 0 radical (unpaired) electrons. The maximum Gasteiger partial charge on any atom is 0.127 e. The van der Waals surface area contributed by atoms with Crippen LogP contribution in [-0.2, 0) is 13.0 Å². The minimum Gasteiger partial charge on any atom is -0.327 e. The van der Waals surface area contributed by atoms with E-state index in [0.29, 0.717) is 0 Å². The largest absolute Gasteiger partial charge is 0.327 e. The van der Waals surface area contributed by atoms with Crippen LogP contribution in [0.1, 0.15) is 24.4 Å². The van der Waals surface area contributed by atoms with Gasteiger partial charge in [0.25, 0.3) is 0 Å². The Morgan fingerprint density at radius 2 is 1.95 bits per heavy atom. The molecule has 0 bridgehead atoms. The van der Waals surface area contributed by atoms with E-state index in [0.717, 1.165) is 34.8 Å². The third-order valence-electron chi connectivity index (χ3n) is 3.69. The lowest BCUT2D eigenvalue weighted by Gasteiger charge is -2.13. The van der Waals surface area contributed by atoms with Crippen LogP contribution < -0.4 is 5.73 Å². The van der Waals surface area contributed by atoms with Gasteiger partial charge in [-0.25, -0.2) is 4.98 Å². The summed E-state index contributed by atoms with van der Waals surface area (Å²) in [6.07, 6.45) is 0.776. The number of halogens is 1. The van der Waals surface area contributed by atoms with Crippen molar-refractivity contribution in [3.63, 3.8) is 0 Å². The number of rotatable bonds is 4. The minimum atomic E-state index is -0.126. The molecule has 0 aliphatic rings. The van der Waals surface area contributed by atoms with Crippen molar-refractivity contribution in [2.45, 2.75) is 25.9 Å². The van der Waals surface area contributed by atoms with E-state index >= 15 is 0 Å². The second-order valence-electron chi connectivity index (χ2n) is 5.14. The average Bonchev–Trinajstić information content (AvgIpc) is 2.86. The third kappa shape index (κ3) is 2.80. The summed E-state index contributed by atoms with van der Waals surface area (Å²) in [5, 5.41) is 0.722. The van der Waals surface area contributed by atoms with Gasteiger partial charge >= 0.3 is 0 Å². The molecular weight excluding hydrogens is 282 g/mol. The number of hydrogen-bond acceptors (Lipinski definition) is 2. The Balaban J connectivity index is 1.99. The number of hydrogen-bond donors (Lipinski definition) is 1. The fourth-order valence-corrected chi connectivity index (χ4v) is 2.86. The number of aromatic nitrogens is 2. The van der Waals surface area contributed by atoms with Crippen molar-refractivity contribution in [1.82, 2.24) is 9.55 Å². The van der Waals surface area contributed by atoms with E-state index in [1.807, 2.05) is 36.4 Å². The van der Waals surface area contributed by atoms with Crippen LogP contribution in [0.3, 0.4) is 0 Å². The van der Waals surface area contributed by atoms with E-state index in [1.54, 1.807) is 0 Å². The van der Waals surface area contributed by atoms with Crippen molar-refractivity contribution in [1.29, 1.82) is 0 Å². The first kappa shape index (κ1) is 14.1. The normalized spacial score (nSPS) is 12.7. The molecule has 3 nitrogen and oxygen atoms in total. The first-order chi connectivity index (χ1) is 10.2. The number of nitrogens with zero attached hydrogens (tertiary/aromatic N) is 2. The molecule has 1 unspecified atom stereocenters. The van der Waals surface area contributed by atoms with Crippen molar-refractivity contribution < 1.29 is 0 Å². The number of benzene rings is 2. The SMILES string of the molecule is CCn1c(C(N)Cc2ccccc2)nc2ccc(Cl)cc21. The van der Waals surface area contributed by atoms with Gasteiger partial charge in [0.1, 0.15) is 5.82 Å². The molecule has 4 heteroatoms. The second-order valence-corrected chi connectivity index (χ2v) is 5.58. The van der Waals surface area contributed by atoms with Crippen LogP contribution in [-0.4, -0.2) is 9.55 Å². The molecule has 0 spiro atoms. The van der Waals surface area contributed by atoms with E-state index in [1.165, 1.54) is 5.56 Å². The molecule has 1 heterocycles. The maximum absolute atomic E-state index is 6.39. The van der Waals surface area contributed by atoms with E-state index < -0.39 is 0 Å². The van der Waals surface area contributed by atoms with Gasteiger partial charge in [-0.1, -0.05) is 41.9 Å². The van der Waals surface area contributed by atoms with Crippen molar-refractivity contribution >= 4 is 22.6 Å². The van der Waals surface area contributed by atoms with Crippen LogP contribution in [0.5, 0.6) is 0 Å². The highest BCUT2D eigenvalue weighted by molar-refractivity contribution is 6.31. The fourth-order valence-electron chi connectivity index (χ4n) is 2.69. The molecular formula is C17H18ClN3. The molecule has 3 rings (SSSR count). The average molecular weight is 300 g/mol. The second kappa shape index (κ2) is 5.88. The van der Waals surface area contributed by atoms with Crippen LogP contribution >= 0.6 is 11.6 Å². The summed E-state index contributed by atoms with van der Waals surface area (Å²) < 4.78 is 2.15. The number of aryl methyl sites for hydroxylation is 1. The predicted octanol–water partition coefficient (Wildman–Crippen LogP) is 3.95. The zero-order chi connectivity index (χ0) is 14.8. The standard InChI is InChI=1S/C17H18ClN3/c1-2-21-16-11-13(18)8-9-15(16)20-17(21)14(19)10-12-6-4-3-5-7-12/h3-9,11,14H,2,10,19H2,1H3. The lowest BCUT2D eigenvalue weighted by molar-refractivity contribution is 0.609. The van der Waals surface area contributed by atoms with Crippen LogP contribution in [0.15, 0.2) is 48.5 Å². The van der Waals surface area contributed by atoms with E-state index in [2.05, 4.69) is 23.6 Å². The lowest BCUT2D eigenvalue weighted by atomic mass is 10.1. The Morgan fingerprint density at radius 3 is 2.67 bits per heavy atom. The summed E-state index contributed by atoms with van der Waals surface area (Å²) in [4.78, 5) is 4.70. The number of imidazole rings is 1. The zero-order valence-electron chi connectivity index (χ0n) is 12.0.